The summed E-state index contributed by atoms with van der Waals surface area (Å²) in [5, 5.41) is 9.18. The maximum atomic E-state index is 9.18. The van der Waals surface area contributed by atoms with Crippen LogP contribution in [-0.2, 0) is 12.8 Å². The molecular formula is C16H22N2. The molecule has 1 aromatic carbocycles. The van der Waals surface area contributed by atoms with Crippen molar-refractivity contribution in [3.8, 4) is 6.07 Å². The Morgan fingerprint density at radius 1 is 1.28 bits per heavy atom. The fraction of sp³-hybridized carbons (Fsp3) is 0.562. The highest BCUT2D eigenvalue weighted by molar-refractivity contribution is 5.61. The smallest absolute Gasteiger partial charge is 0.0681 e. The Bertz CT molecular complexity index is 436. The summed E-state index contributed by atoms with van der Waals surface area (Å²) < 4.78 is 0. The van der Waals surface area contributed by atoms with Crippen LogP contribution in [0.25, 0.3) is 0 Å². The molecule has 0 bridgehead atoms. The van der Waals surface area contributed by atoms with Crippen LogP contribution < -0.4 is 4.90 Å². The van der Waals surface area contributed by atoms with E-state index in [0.29, 0.717) is 6.04 Å². The molecule has 1 aliphatic heterocycles. The van der Waals surface area contributed by atoms with Gasteiger partial charge < -0.3 is 4.90 Å². The summed E-state index contributed by atoms with van der Waals surface area (Å²) >= 11 is 0. The molecule has 1 fully saturated rings. The molecular weight excluding hydrogens is 220 g/mol. The fourth-order valence-electron chi connectivity index (χ4n) is 3.01. The lowest BCUT2D eigenvalue weighted by Crippen LogP contribution is -2.31. The SMILES string of the molecule is CCc1cccc(CC)c1N1CCC(C#N)C1C. The van der Waals surface area contributed by atoms with E-state index in [1.54, 1.807) is 0 Å². The number of para-hydroxylation sites is 1. The predicted molar refractivity (Wildman–Crippen MR) is 75.7 cm³/mol. The highest BCUT2D eigenvalue weighted by Crippen LogP contribution is 2.34. The average molecular weight is 242 g/mol. The van der Waals surface area contributed by atoms with Crippen molar-refractivity contribution in [3.05, 3.63) is 29.3 Å². The molecule has 0 spiro atoms. The van der Waals surface area contributed by atoms with E-state index < -0.39 is 0 Å². The Morgan fingerprint density at radius 3 is 2.33 bits per heavy atom. The lowest BCUT2D eigenvalue weighted by atomic mass is 10.00. The summed E-state index contributed by atoms with van der Waals surface area (Å²) in [5.41, 5.74) is 4.23. The number of anilines is 1. The number of aryl methyl sites for hydroxylation is 2. The second-order valence-corrected chi connectivity index (χ2v) is 5.09. The molecule has 0 aromatic heterocycles. The van der Waals surface area contributed by atoms with Gasteiger partial charge in [-0.25, -0.2) is 0 Å². The van der Waals surface area contributed by atoms with Crippen LogP contribution in [0.1, 0.15) is 38.3 Å². The minimum Gasteiger partial charge on any atom is -0.367 e. The quantitative estimate of drug-likeness (QED) is 0.810. The van der Waals surface area contributed by atoms with Crippen LogP contribution >= 0.6 is 0 Å². The van der Waals surface area contributed by atoms with Gasteiger partial charge in [-0.3, -0.25) is 0 Å². The minimum atomic E-state index is 0.180. The summed E-state index contributed by atoms with van der Waals surface area (Å²) in [6.45, 7) is 7.62. The van der Waals surface area contributed by atoms with Crippen LogP contribution in [0.4, 0.5) is 5.69 Å². The van der Waals surface area contributed by atoms with Gasteiger partial charge in [-0.2, -0.15) is 5.26 Å². The number of rotatable bonds is 3. The Labute approximate surface area is 110 Å². The molecule has 0 radical (unpaired) electrons. The van der Waals surface area contributed by atoms with E-state index in [9.17, 15) is 5.26 Å². The monoisotopic (exact) mass is 242 g/mol. The van der Waals surface area contributed by atoms with E-state index in [2.05, 4.69) is 49.9 Å². The van der Waals surface area contributed by atoms with Gasteiger partial charge in [-0.1, -0.05) is 32.0 Å². The first kappa shape index (κ1) is 13.0. The minimum absolute atomic E-state index is 0.180. The van der Waals surface area contributed by atoms with Crippen LogP contribution in [0, 0.1) is 17.2 Å². The Hall–Kier alpha value is -1.49. The number of hydrogen-bond donors (Lipinski definition) is 0. The van der Waals surface area contributed by atoms with Gasteiger partial charge in [0, 0.05) is 18.3 Å². The molecule has 2 nitrogen and oxygen atoms in total. The van der Waals surface area contributed by atoms with Crippen molar-refractivity contribution in [3.63, 3.8) is 0 Å². The topological polar surface area (TPSA) is 27.0 Å². The Kier molecular flexibility index (Phi) is 3.91. The molecule has 1 saturated heterocycles. The Balaban J connectivity index is 2.42. The van der Waals surface area contributed by atoms with Gasteiger partial charge in [-0.05, 0) is 37.3 Å². The van der Waals surface area contributed by atoms with E-state index in [1.165, 1.54) is 16.8 Å². The van der Waals surface area contributed by atoms with E-state index in [-0.39, 0.29) is 5.92 Å². The zero-order valence-electron chi connectivity index (χ0n) is 11.6. The molecule has 2 unspecified atom stereocenters. The van der Waals surface area contributed by atoms with Crippen LogP contribution in [0.3, 0.4) is 0 Å². The zero-order valence-corrected chi connectivity index (χ0v) is 11.6. The normalized spacial score (nSPS) is 23.1. The molecule has 2 atom stereocenters. The molecule has 18 heavy (non-hydrogen) atoms. The molecule has 0 saturated carbocycles. The lowest BCUT2D eigenvalue weighted by molar-refractivity contribution is 0.613. The third-order valence-electron chi connectivity index (χ3n) is 4.17. The van der Waals surface area contributed by atoms with Crippen LogP contribution in [0.15, 0.2) is 18.2 Å². The molecule has 0 N–H and O–H groups in total. The second kappa shape index (κ2) is 5.44. The van der Waals surface area contributed by atoms with E-state index in [4.69, 9.17) is 0 Å². The van der Waals surface area contributed by atoms with Crippen LogP contribution in [-0.4, -0.2) is 12.6 Å². The molecule has 1 aliphatic rings. The van der Waals surface area contributed by atoms with Gasteiger partial charge in [0.1, 0.15) is 0 Å². The van der Waals surface area contributed by atoms with Gasteiger partial charge in [-0.15, -0.1) is 0 Å². The van der Waals surface area contributed by atoms with Crippen molar-refractivity contribution >= 4 is 5.69 Å². The number of hydrogen-bond acceptors (Lipinski definition) is 2. The van der Waals surface area contributed by atoms with Crippen molar-refractivity contribution in [1.82, 2.24) is 0 Å². The standard InChI is InChI=1S/C16H22N2/c1-4-13-7-6-8-14(5-2)16(13)18-10-9-15(11-17)12(18)3/h6-8,12,15H,4-5,9-10H2,1-3H3. The maximum Gasteiger partial charge on any atom is 0.0681 e. The van der Waals surface area contributed by atoms with Crippen LogP contribution in [0.2, 0.25) is 0 Å². The summed E-state index contributed by atoms with van der Waals surface area (Å²) in [7, 11) is 0. The van der Waals surface area contributed by atoms with E-state index in [0.717, 1.165) is 25.8 Å². The first-order valence-corrected chi connectivity index (χ1v) is 6.99. The van der Waals surface area contributed by atoms with Gasteiger partial charge in [0.25, 0.3) is 0 Å². The highest BCUT2D eigenvalue weighted by atomic mass is 15.2. The fourth-order valence-corrected chi connectivity index (χ4v) is 3.01. The second-order valence-electron chi connectivity index (χ2n) is 5.09. The molecule has 2 heteroatoms. The number of nitrogens with zero attached hydrogens (tertiary/aromatic N) is 2. The molecule has 96 valence electrons. The first-order valence-electron chi connectivity index (χ1n) is 6.99. The van der Waals surface area contributed by atoms with Crippen molar-refractivity contribution in [2.24, 2.45) is 5.92 Å². The number of nitriles is 1. The lowest BCUT2D eigenvalue weighted by Gasteiger charge is -2.29. The average Bonchev–Trinajstić information content (AvgIpc) is 2.78. The molecule has 0 amide bonds. The van der Waals surface area contributed by atoms with Gasteiger partial charge in [0.15, 0.2) is 0 Å². The van der Waals surface area contributed by atoms with Gasteiger partial charge in [0.05, 0.1) is 12.0 Å². The maximum absolute atomic E-state index is 9.18. The summed E-state index contributed by atoms with van der Waals surface area (Å²) in [6, 6.07) is 9.39. The third kappa shape index (κ3) is 2.10. The summed E-state index contributed by atoms with van der Waals surface area (Å²) in [6.07, 6.45) is 3.12. The third-order valence-corrected chi connectivity index (χ3v) is 4.17. The molecule has 2 rings (SSSR count). The van der Waals surface area contributed by atoms with Crippen molar-refractivity contribution in [2.45, 2.75) is 46.1 Å². The Morgan fingerprint density at radius 2 is 1.89 bits per heavy atom. The largest absolute Gasteiger partial charge is 0.367 e. The molecule has 1 heterocycles. The van der Waals surface area contributed by atoms with Crippen molar-refractivity contribution in [1.29, 1.82) is 5.26 Å². The summed E-state index contributed by atoms with van der Waals surface area (Å²) in [4.78, 5) is 2.45. The van der Waals surface area contributed by atoms with Crippen LogP contribution in [0.5, 0.6) is 0 Å². The molecule has 0 aliphatic carbocycles. The van der Waals surface area contributed by atoms with Gasteiger partial charge in [0.2, 0.25) is 0 Å². The first-order chi connectivity index (χ1) is 8.72. The van der Waals surface area contributed by atoms with Gasteiger partial charge >= 0.3 is 0 Å². The highest BCUT2D eigenvalue weighted by Gasteiger charge is 2.32. The van der Waals surface area contributed by atoms with Crippen molar-refractivity contribution in [2.75, 3.05) is 11.4 Å². The van der Waals surface area contributed by atoms with E-state index >= 15 is 0 Å². The number of benzene rings is 1. The van der Waals surface area contributed by atoms with E-state index in [1.807, 2.05) is 0 Å². The molecule has 1 aromatic rings. The summed E-state index contributed by atoms with van der Waals surface area (Å²) in [5.74, 6) is 0.180. The van der Waals surface area contributed by atoms with Crippen molar-refractivity contribution < 1.29 is 0 Å². The predicted octanol–water partition coefficient (Wildman–Crippen LogP) is 3.55. The zero-order chi connectivity index (χ0) is 13.1.